The number of aromatic nitrogens is 3. The average Bonchev–Trinajstić information content (AvgIpc) is 3.01. The molecule has 110 valence electrons. The maximum absolute atomic E-state index is 11.2. The smallest absolute Gasteiger partial charge is 0.358 e. The van der Waals surface area contributed by atoms with Crippen LogP contribution in [-0.2, 0) is 13.0 Å². The molecular formula is C15H17N3O3. The van der Waals surface area contributed by atoms with Gasteiger partial charge in [0.1, 0.15) is 11.9 Å². The van der Waals surface area contributed by atoms with Gasteiger partial charge >= 0.3 is 5.97 Å². The normalized spacial score (nSPS) is 16.8. The summed E-state index contributed by atoms with van der Waals surface area (Å²) in [5, 5.41) is 17.0. The van der Waals surface area contributed by atoms with Crippen LogP contribution in [0.15, 0.2) is 24.3 Å². The van der Waals surface area contributed by atoms with Gasteiger partial charge in [-0.2, -0.15) is 0 Å². The quantitative estimate of drug-likeness (QED) is 0.931. The predicted octanol–water partition coefficient (Wildman–Crippen LogP) is 2.10. The molecule has 1 unspecified atom stereocenters. The number of para-hydroxylation sites is 1. The van der Waals surface area contributed by atoms with Gasteiger partial charge in [0.15, 0.2) is 5.69 Å². The Morgan fingerprint density at radius 2 is 2.24 bits per heavy atom. The fourth-order valence-electron chi connectivity index (χ4n) is 2.73. The Labute approximate surface area is 122 Å². The fourth-order valence-corrected chi connectivity index (χ4v) is 2.73. The third kappa shape index (κ3) is 2.49. The second kappa shape index (κ2) is 5.20. The van der Waals surface area contributed by atoms with E-state index in [2.05, 4.69) is 10.3 Å². The minimum absolute atomic E-state index is 0.0283. The number of nitrogens with zero attached hydrogens (tertiary/aromatic N) is 3. The van der Waals surface area contributed by atoms with Crippen molar-refractivity contribution in [3.05, 3.63) is 41.2 Å². The SMILES string of the molecule is CC(C)c1c(C(=O)O)nnn1CC1Cc2ccccc2O1. The van der Waals surface area contributed by atoms with Crippen molar-refractivity contribution >= 4 is 5.97 Å². The van der Waals surface area contributed by atoms with Crippen LogP contribution in [0.2, 0.25) is 0 Å². The highest BCUT2D eigenvalue weighted by Gasteiger charge is 2.27. The molecule has 1 aromatic heterocycles. The highest BCUT2D eigenvalue weighted by atomic mass is 16.5. The van der Waals surface area contributed by atoms with Crippen LogP contribution in [0.3, 0.4) is 0 Å². The van der Waals surface area contributed by atoms with Crippen LogP contribution in [0.25, 0.3) is 0 Å². The van der Waals surface area contributed by atoms with Crippen LogP contribution >= 0.6 is 0 Å². The molecule has 2 aromatic rings. The monoisotopic (exact) mass is 287 g/mol. The summed E-state index contributed by atoms with van der Waals surface area (Å²) in [4.78, 5) is 11.2. The molecule has 21 heavy (non-hydrogen) atoms. The Balaban J connectivity index is 1.82. The molecule has 6 nitrogen and oxygen atoms in total. The zero-order valence-electron chi connectivity index (χ0n) is 12.0. The van der Waals surface area contributed by atoms with E-state index in [-0.39, 0.29) is 17.7 Å². The molecule has 0 spiro atoms. The van der Waals surface area contributed by atoms with Gasteiger partial charge in [-0.1, -0.05) is 37.3 Å². The van der Waals surface area contributed by atoms with Gasteiger partial charge < -0.3 is 9.84 Å². The van der Waals surface area contributed by atoms with Crippen molar-refractivity contribution in [2.24, 2.45) is 0 Å². The van der Waals surface area contributed by atoms with Crippen molar-refractivity contribution in [1.29, 1.82) is 0 Å². The molecule has 0 radical (unpaired) electrons. The minimum atomic E-state index is -1.04. The van der Waals surface area contributed by atoms with Crippen LogP contribution in [0, 0.1) is 0 Å². The van der Waals surface area contributed by atoms with Gasteiger partial charge in [-0.15, -0.1) is 5.10 Å². The molecule has 1 atom stereocenters. The third-order valence-electron chi connectivity index (χ3n) is 3.61. The first kappa shape index (κ1) is 13.6. The summed E-state index contributed by atoms with van der Waals surface area (Å²) in [6.45, 7) is 4.38. The van der Waals surface area contributed by atoms with E-state index in [0.717, 1.165) is 12.2 Å². The van der Waals surface area contributed by atoms with E-state index < -0.39 is 5.97 Å². The van der Waals surface area contributed by atoms with E-state index in [9.17, 15) is 9.90 Å². The number of aromatic carboxylic acids is 1. The largest absolute Gasteiger partial charge is 0.488 e. The molecule has 0 amide bonds. The second-order valence-corrected chi connectivity index (χ2v) is 5.52. The van der Waals surface area contributed by atoms with E-state index in [1.807, 2.05) is 38.1 Å². The van der Waals surface area contributed by atoms with E-state index in [0.29, 0.717) is 12.2 Å². The first-order valence-corrected chi connectivity index (χ1v) is 6.97. The van der Waals surface area contributed by atoms with Crippen LogP contribution < -0.4 is 4.74 Å². The van der Waals surface area contributed by atoms with E-state index in [1.54, 1.807) is 4.68 Å². The number of hydrogen-bond donors (Lipinski definition) is 1. The number of benzene rings is 1. The number of carboxylic acid groups (broad SMARTS) is 1. The Hall–Kier alpha value is -2.37. The number of carbonyl (C=O) groups is 1. The lowest BCUT2D eigenvalue weighted by molar-refractivity contribution is 0.0688. The Morgan fingerprint density at radius 3 is 2.90 bits per heavy atom. The van der Waals surface area contributed by atoms with Gasteiger partial charge in [0.2, 0.25) is 0 Å². The zero-order chi connectivity index (χ0) is 15.0. The molecule has 6 heteroatoms. The van der Waals surface area contributed by atoms with Crippen LogP contribution in [0.4, 0.5) is 0 Å². The van der Waals surface area contributed by atoms with Crippen molar-refractivity contribution in [3.8, 4) is 5.75 Å². The van der Waals surface area contributed by atoms with Gasteiger partial charge in [0, 0.05) is 6.42 Å². The third-order valence-corrected chi connectivity index (χ3v) is 3.61. The van der Waals surface area contributed by atoms with E-state index in [1.165, 1.54) is 5.56 Å². The zero-order valence-corrected chi connectivity index (χ0v) is 12.0. The predicted molar refractivity (Wildman–Crippen MR) is 75.6 cm³/mol. The number of ether oxygens (including phenoxy) is 1. The van der Waals surface area contributed by atoms with Crippen molar-refractivity contribution < 1.29 is 14.6 Å². The summed E-state index contributed by atoms with van der Waals surface area (Å²) in [5.74, 6) is -0.109. The lowest BCUT2D eigenvalue weighted by Crippen LogP contribution is -2.23. The molecular weight excluding hydrogens is 270 g/mol. The number of fused-ring (bicyclic) bond motifs is 1. The number of hydrogen-bond acceptors (Lipinski definition) is 4. The lowest BCUT2D eigenvalue weighted by atomic mass is 10.1. The Bertz CT molecular complexity index is 654. The van der Waals surface area contributed by atoms with Gasteiger partial charge in [-0.3, -0.25) is 0 Å². The number of rotatable bonds is 4. The van der Waals surface area contributed by atoms with Crippen LogP contribution in [0.1, 0.15) is 41.5 Å². The maximum atomic E-state index is 11.2. The summed E-state index contributed by atoms with van der Waals surface area (Å²) in [7, 11) is 0. The van der Waals surface area contributed by atoms with E-state index in [4.69, 9.17) is 4.74 Å². The molecule has 1 N–H and O–H groups in total. The van der Waals surface area contributed by atoms with Gasteiger partial charge in [-0.05, 0) is 17.5 Å². The summed E-state index contributed by atoms with van der Waals surface area (Å²) < 4.78 is 7.54. The highest BCUT2D eigenvalue weighted by molar-refractivity contribution is 5.86. The molecule has 1 aliphatic rings. The summed E-state index contributed by atoms with van der Waals surface area (Å²) in [6.07, 6.45) is 0.763. The van der Waals surface area contributed by atoms with Crippen molar-refractivity contribution in [2.45, 2.75) is 38.8 Å². The molecule has 0 fully saturated rings. The molecule has 1 aliphatic heterocycles. The Kier molecular flexibility index (Phi) is 3.37. The molecule has 0 bridgehead atoms. The first-order chi connectivity index (χ1) is 10.1. The summed E-state index contributed by atoms with van der Waals surface area (Å²) in [6, 6.07) is 7.92. The molecule has 3 rings (SSSR count). The van der Waals surface area contributed by atoms with Crippen molar-refractivity contribution in [2.75, 3.05) is 0 Å². The molecule has 0 aliphatic carbocycles. The van der Waals surface area contributed by atoms with Crippen LogP contribution in [0.5, 0.6) is 5.75 Å². The molecule has 1 aromatic carbocycles. The first-order valence-electron chi connectivity index (χ1n) is 6.97. The van der Waals surface area contributed by atoms with E-state index >= 15 is 0 Å². The molecule has 2 heterocycles. The van der Waals surface area contributed by atoms with Crippen molar-refractivity contribution in [3.63, 3.8) is 0 Å². The highest BCUT2D eigenvalue weighted by Crippen LogP contribution is 2.29. The standard InChI is InChI=1S/C15H17N3O3/c1-9(2)14-13(15(19)20)16-17-18(14)8-11-7-10-5-3-4-6-12(10)21-11/h3-6,9,11H,7-8H2,1-2H3,(H,19,20). The van der Waals surface area contributed by atoms with Gasteiger partial charge in [0.25, 0.3) is 0 Å². The van der Waals surface area contributed by atoms with Crippen molar-refractivity contribution in [1.82, 2.24) is 15.0 Å². The maximum Gasteiger partial charge on any atom is 0.358 e. The second-order valence-electron chi connectivity index (χ2n) is 5.52. The number of carboxylic acids is 1. The summed E-state index contributed by atoms with van der Waals surface area (Å²) >= 11 is 0. The van der Waals surface area contributed by atoms with Crippen LogP contribution in [-0.4, -0.2) is 32.2 Å². The summed E-state index contributed by atoms with van der Waals surface area (Å²) in [5.41, 5.74) is 1.84. The topological polar surface area (TPSA) is 77.2 Å². The minimum Gasteiger partial charge on any atom is -0.488 e. The average molecular weight is 287 g/mol. The lowest BCUT2D eigenvalue weighted by Gasteiger charge is -2.14. The fraction of sp³-hybridized carbons (Fsp3) is 0.400. The molecule has 0 saturated heterocycles. The molecule has 0 saturated carbocycles. The van der Waals surface area contributed by atoms with Gasteiger partial charge in [-0.25, -0.2) is 9.48 Å². The van der Waals surface area contributed by atoms with Gasteiger partial charge in [0.05, 0.1) is 12.2 Å². The Morgan fingerprint density at radius 1 is 1.48 bits per heavy atom.